The molecule has 0 aliphatic carbocycles. The Bertz CT molecular complexity index is 483. The fourth-order valence-corrected chi connectivity index (χ4v) is 1.87. The molecule has 0 saturated carbocycles. The summed E-state index contributed by atoms with van der Waals surface area (Å²) in [6, 6.07) is 2.56. The van der Waals surface area contributed by atoms with E-state index >= 15 is 0 Å². The molecule has 1 rings (SSSR count). The molecule has 3 nitrogen and oxygen atoms in total. The molecule has 1 aromatic rings. The Balaban J connectivity index is 2.70. The summed E-state index contributed by atoms with van der Waals surface area (Å²) in [6.45, 7) is 9.11. The van der Waals surface area contributed by atoms with Gasteiger partial charge in [0.1, 0.15) is 11.6 Å². The number of hydrogen-bond donors (Lipinski definition) is 2. The van der Waals surface area contributed by atoms with Crippen molar-refractivity contribution in [1.82, 2.24) is 10.6 Å². The average Bonchev–Trinajstić information content (AvgIpc) is 2.26. The Labute approximate surface area is 118 Å². The van der Waals surface area contributed by atoms with Crippen molar-refractivity contribution in [2.45, 2.75) is 52.2 Å². The molecule has 0 bridgehead atoms. The summed E-state index contributed by atoms with van der Waals surface area (Å²) in [5, 5.41) is 5.85. The van der Waals surface area contributed by atoms with Crippen molar-refractivity contribution in [3.63, 3.8) is 0 Å². The van der Waals surface area contributed by atoms with Gasteiger partial charge in [-0.1, -0.05) is 6.07 Å². The summed E-state index contributed by atoms with van der Waals surface area (Å²) in [6.07, 6.45) is 0. The third-order valence-corrected chi connectivity index (χ3v) is 2.82. The third kappa shape index (κ3) is 4.89. The van der Waals surface area contributed by atoms with E-state index in [1.807, 2.05) is 20.8 Å². The Morgan fingerprint density at radius 2 is 1.80 bits per heavy atom. The highest BCUT2D eigenvalue weighted by atomic mass is 19.1. The van der Waals surface area contributed by atoms with Crippen LogP contribution in [0.1, 0.15) is 46.2 Å². The van der Waals surface area contributed by atoms with Crippen molar-refractivity contribution in [2.75, 3.05) is 0 Å². The molecule has 20 heavy (non-hydrogen) atoms. The topological polar surface area (TPSA) is 41.1 Å². The minimum absolute atomic E-state index is 0.160. The van der Waals surface area contributed by atoms with Gasteiger partial charge in [-0.3, -0.25) is 10.1 Å². The van der Waals surface area contributed by atoms with Crippen LogP contribution < -0.4 is 10.6 Å². The maximum absolute atomic E-state index is 13.6. The van der Waals surface area contributed by atoms with Crippen molar-refractivity contribution < 1.29 is 13.6 Å². The number of hydrogen-bond acceptors (Lipinski definition) is 2. The fraction of sp³-hybridized carbons (Fsp3) is 0.533. The van der Waals surface area contributed by atoms with E-state index in [0.717, 1.165) is 6.07 Å². The summed E-state index contributed by atoms with van der Waals surface area (Å²) in [4.78, 5) is 11.9. The summed E-state index contributed by atoms with van der Waals surface area (Å²) >= 11 is 0. The molecule has 2 unspecified atom stereocenters. The van der Waals surface area contributed by atoms with Crippen molar-refractivity contribution in [2.24, 2.45) is 0 Å². The van der Waals surface area contributed by atoms with Gasteiger partial charge in [0.05, 0.1) is 6.04 Å². The highest BCUT2D eigenvalue weighted by Crippen LogP contribution is 2.18. The van der Waals surface area contributed by atoms with E-state index in [2.05, 4.69) is 10.6 Å². The van der Waals surface area contributed by atoms with E-state index in [4.69, 9.17) is 0 Å². The molecule has 0 saturated heterocycles. The Morgan fingerprint density at radius 1 is 1.20 bits per heavy atom. The number of carbonyl (C=O) groups excluding carboxylic acids is 1. The summed E-state index contributed by atoms with van der Waals surface area (Å²) < 4.78 is 26.5. The van der Waals surface area contributed by atoms with Gasteiger partial charge >= 0.3 is 0 Å². The van der Waals surface area contributed by atoms with Crippen molar-refractivity contribution in [1.29, 1.82) is 0 Å². The van der Waals surface area contributed by atoms with E-state index in [0.29, 0.717) is 5.56 Å². The molecule has 2 N–H and O–H groups in total. The summed E-state index contributed by atoms with van der Waals surface area (Å²) in [7, 11) is 0. The largest absolute Gasteiger partial charge is 0.350 e. The van der Waals surface area contributed by atoms with Crippen LogP contribution in [0.4, 0.5) is 8.78 Å². The van der Waals surface area contributed by atoms with Gasteiger partial charge < -0.3 is 5.32 Å². The Kier molecular flexibility index (Phi) is 5.22. The van der Waals surface area contributed by atoms with Gasteiger partial charge in [-0.05, 0) is 40.7 Å². The lowest BCUT2D eigenvalue weighted by atomic mass is 10.1. The Morgan fingerprint density at radius 3 is 2.30 bits per heavy atom. The second-order valence-corrected chi connectivity index (χ2v) is 6.02. The molecule has 0 aromatic heterocycles. The lowest BCUT2D eigenvalue weighted by molar-refractivity contribution is -0.124. The van der Waals surface area contributed by atoms with Gasteiger partial charge in [0.2, 0.25) is 5.91 Å². The van der Waals surface area contributed by atoms with Crippen LogP contribution in [0.5, 0.6) is 0 Å². The average molecular weight is 284 g/mol. The summed E-state index contributed by atoms with van der Waals surface area (Å²) in [5.41, 5.74) is 0.0130. The van der Waals surface area contributed by atoms with Gasteiger partial charge in [0.25, 0.3) is 0 Å². The van der Waals surface area contributed by atoms with Crippen LogP contribution in [0.3, 0.4) is 0 Å². The predicted molar refractivity (Wildman–Crippen MR) is 75.3 cm³/mol. The number of amides is 1. The van der Waals surface area contributed by atoms with Gasteiger partial charge in [0, 0.05) is 23.2 Å². The smallest absolute Gasteiger partial charge is 0.237 e. The zero-order chi connectivity index (χ0) is 15.5. The molecular formula is C15H22F2N2O. The second kappa shape index (κ2) is 6.31. The van der Waals surface area contributed by atoms with Crippen LogP contribution in [0.2, 0.25) is 0 Å². The zero-order valence-corrected chi connectivity index (χ0v) is 12.6. The van der Waals surface area contributed by atoms with Crippen molar-refractivity contribution in [3.05, 3.63) is 35.4 Å². The van der Waals surface area contributed by atoms with Gasteiger partial charge in [-0.25, -0.2) is 8.78 Å². The molecule has 1 amide bonds. The van der Waals surface area contributed by atoms with E-state index in [-0.39, 0.29) is 11.4 Å². The highest BCUT2D eigenvalue weighted by Gasteiger charge is 2.21. The minimum atomic E-state index is -0.617. The lowest BCUT2D eigenvalue weighted by Gasteiger charge is -2.25. The molecule has 0 aliphatic rings. The monoisotopic (exact) mass is 284 g/mol. The van der Waals surface area contributed by atoms with Crippen LogP contribution in [0.15, 0.2) is 18.2 Å². The van der Waals surface area contributed by atoms with Crippen LogP contribution in [0.25, 0.3) is 0 Å². The first kappa shape index (κ1) is 16.6. The van der Waals surface area contributed by atoms with E-state index in [1.54, 1.807) is 13.8 Å². The maximum atomic E-state index is 13.6. The molecule has 2 atom stereocenters. The first-order chi connectivity index (χ1) is 9.10. The minimum Gasteiger partial charge on any atom is -0.350 e. The number of halogens is 2. The number of nitrogens with one attached hydrogen (secondary N) is 2. The first-order valence-corrected chi connectivity index (χ1v) is 6.63. The Hall–Kier alpha value is -1.49. The SMILES string of the molecule is CC(NC(C)c1ccc(F)cc1F)C(=O)NC(C)(C)C. The van der Waals surface area contributed by atoms with Gasteiger partial charge in [-0.2, -0.15) is 0 Å². The van der Waals surface area contributed by atoms with Crippen molar-refractivity contribution >= 4 is 5.91 Å². The first-order valence-electron chi connectivity index (χ1n) is 6.63. The maximum Gasteiger partial charge on any atom is 0.237 e. The molecular weight excluding hydrogens is 262 g/mol. The van der Waals surface area contributed by atoms with Crippen LogP contribution in [-0.2, 0) is 4.79 Å². The second-order valence-electron chi connectivity index (χ2n) is 6.02. The number of benzene rings is 1. The lowest BCUT2D eigenvalue weighted by Crippen LogP contribution is -2.50. The van der Waals surface area contributed by atoms with E-state index in [9.17, 15) is 13.6 Å². The van der Waals surface area contributed by atoms with E-state index < -0.39 is 23.7 Å². The molecule has 0 fully saturated rings. The molecule has 1 aromatic carbocycles. The number of rotatable bonds is 4. The molecule has 0 radical (unpaired) electrons. The standard InChI is InChI=1S/C15H22F2N2O/c1-9(12-7-6-11(16)8-13(12)17)18-10(2)14(20)19-15(3,4)5/h6-10,18H,1-5H3,(H,19,20). The van der Waals surface area contributed by atoms with Gasteiger partial charge in [-0.15, -0.1) is 0 Å². The van der Waals surface area contributed by atoms with E-state index in [1.165, 1.54) is 12.1 Å². The molecule has 0 aliphatic heterocycles. The molecule has 0 heterocycles. The van der Waals surface area contributed by atoms with Crippen LogP contribution in [-0.4, -0.2) is 17.5 Å². The zero-order valence-electron chi connectivity index (χ0n) is 12.6. The quantitative estimate of drug-likeness (QED) is 0.892. The highest BCUT2D eigenvalue weighted by molar-refractivity contribution is 5.81. The van der Waals surface area contributed by atoms with Crippen LogP contribution in [0, 0.1) is 11.6 Å². The van der Waals surface area contributed by atoms with Gasteiger partial charge in [0.15, 0.2) is 0 Å². The molecule has 0 spiro atoms. The van der Waals surface area contributed by atoms with Crippen LogP contribution >= 0.6 is 0 Å². The third-order valence-electron chi connectivity index (χ3n) is 2.82. The summed E-state index contributed by atoms with van der Waals surface area (Å²) in [5.74, 6) is -1.39. The number of carbonyl (C=O) groups is 1. The normalized spacial score (nSPS) is 14.8. The molecule has 5 heteroatoms. The molecule has 112 valence electrons. The fourth-order valence-electron chi connectivity index (χ4n) is 1.87. The predicted octanol–water partition coefficient (Wildman–Crippen LogP) is 2.92. The van der Waals surface area contributed by atoms with Crippen molar-refractivity contribution in [3.8, 4) is 0 Å².